The van der Waals surface area contributed by atoms with Gasteiger partial charge in [-0.2, -0.15) is 5.10 Å². The van der Waals surface area contributed by atoms with Gasteiger partial charge in [-0.3, -0.25) is 9.79 Å². The molecule has 7 heteroatoms. The molecule has 2 aliphatic rings. The van der Waals surface area contributed by atoms with Crippen molar-refractivity contribution >= 4 is 11.9 Å². The Morgan fingerprint density at radius 1 is 1.16 bits per heavy atom. The average molecular weight is 437 g/mol. The minimum Gasteiger partial charge on any atom is -0.352 e. The molecule has 1 atom stereocenters. The number of aromatic nitrogens is 2. The number of hydrogen-bond donors (Lipinski definition) is 2. The number of guanidine groups is 1. The van der Waals surface area contributed by atoms with Crippen molar-refractivity contribution in [3.8, 4) is 5.69 Å². The first kappa shape index (κ1) is 22.4. The number of aryl methyl sites for hydroxylation is 2. The summed E-state index contributed by atoms with van der Waals surface area (Å²) in [6, 6.07) is 10.6. The van der Waals surface area contributed by atoms with Gasteiger partial charge in [-0.1, -0.05) is 37.5 Å². The highest BCUT2D eigenvalue weighted by atomic mass is 16.2. The zero-order valence-electron chi connectivity index (χ0n) is 19.6. The van der Waals surface area contributed by atoms with Crippen LogP contribution in [0.3, 0.4) is 0 Å². The van der Waals surface area contributed by atoms with E-state index in [1.54, 1.807) is 7.05 Å². The van der Waals surface area contributed by atoms with E-state index in [4.69, 9.17) is 0 Å². The minimum atomic E-state index is 0.236. The SMILES string of the molecule is CN=C(NCc1ccccc1-n1nc(C)cc1C)NC1CCN(C(=O)C2CCCCC2)C1. The fraction of sp³-hybridized carbons (Fsp3) is 0.560. The van der Waals surface area contributed by atoms with Crippen molar-refractivity contribution in [2.75, 3.05) is 20.1 Å². The molecule has 1 amide bonds. The van der Waals surface area contributed by atoms with Gasteiger partial charge in [0.15, 0.2) is 5.96 Å². The number of amides is 1. The Hall–Kier alpha value is -2.83. The lowest BCUT2D eigenvalue weighted by Gasteiger charge is -2.26. The Kier molecular flexibility index (Phi) is 7.12. The zero-order chi connectivity index (χ0) is 22.5. The smallest absolute Gasteiger partial charge is 0.225 e. The predicted octanol–water partition coefficient (Wildman–Crippen LogP) is 3.34. The molecule has 1 aromatic carbocycles. The zero-order valence-corrected chi connectivity index (χ0v) is 19.6. The first-order valence-corrected chi connectivity index (χ1v) is 11.9. The molecule has 1 saturated heterocycles. The van der Waals surface area contributed by atoms with Crippen LogP contribution in [-0.4, -0.2) is 52.7 Å². The molecular formula is C25H36N6O. The third-order valence-corrected chi connectivity index (χ3v) is 6.69. The van der Waals surface area contributed by atoms with Crippen LogP contribution in [0.4, 0.5) is 0 Å². The maximum atomic E-state index is 12.9. The lowest BCUT2D eigenvalue weighted by Crippen LogP contribution is -2.45. The summed E-state index contributed by atoms with van der Waals surface area (Å²) in [5, 5.41) is 11.6. The summed E-state index contributed by atoms with van der Waals surface area (Å²) in [6.45, 7) is 6.33. The van der Waals surface area contributed by atoms with Gasteiger partial charge in [0.2, 0.25) is 5.91 Å². The number of carbonyl (C=O) groups is 1. The standard InChI is InChI=1S/C25H36N6O/c1-18-15-19(2)31(29-18)23-12-8-7-11-21(23)16-27-25(26-3)28-22-13-14-30(17-22)24(32)20-9-5-4-6-10-20/h7-8,11-12,15,20,22H,4-6,9-10,13-14,16-17H2,1-3H3,(H2,26,27,28). The molecule has 1 aliphatic carbocycles. The van der Waals surface area contributed by atoms with E-state index in [2.05, 4.69) is 50.7 Å². The number of para-hydroxylation sites is 1. The van der Waals surface area contributed by atoms with E-state index in [9.17, 15) is 4.79 Å². The Morgan fingerprint density at radius 2 is 1.94 bits per heavy atom. The molecule has 2 N–H and O–H groups in total. The second-order valence-electron chi connectivity index (χ2n) is 9.14. The maximum Gasteiger partial charge on any atom is 0.225 e. The highest BCUT2D eigenvalue weighted by Crippen LogP contribution is 2.26. The maximum absolute atomic E-state index is 12.9. The number of nitrogens with one attached hydrogen (secondary N) is 2. The van der Waals surface area contributed by atoms with Crippen molar-refractivity contribution < 1.29 is 4.79 Å². The van der Waals surface area contributed by atoms with Crippen LogP contribution in [0.1, 0.15) is 55.5 Å². The Morgan fingerprint density at radius 3 is 2.66 bits per heavy atom. The first-order chi connectivity index (χ1) is 15.5. The van der Waals surface area contributed by atoms with Crippen molar-refractivity contribution in [2.45, 2.75) is 65.0 Å². The van der Waals surface area contributed by atoms with Gasteiger partial charge in [0.25, 0.3) is 0 Å². The molecule has 1 aliphatic heterocycles. The summed E-state index contributed by atoms with van der Waals surface area (Å²) >= 11 is 0. The fourth-order valence-electron chi connectivity index (χ4n) is 4.99. The summed E-state index contributed by atoms with van der Waals surface area (Å²) in [4.78, 5) is 19.3. The fourth-order valence-corrected chi connectivity index (χ4v) is 4.99. The number of nitrogens with zero attached hydrogens (tertiary/aromatic N) is 4. The Labute approximate surface area is 191 Å². The number of rotatable bonds is 5. The molecule has 0 spiro atoms. The predicted molar refractivity (Wildman–Crippen MR) is 128 cm³/mol. The molecule has 32 heavy (non-hydrogen) atoms. The molecule has 4 rings (SSSR count). The van der Waals surface area contributed by atoms with Gasteiger partial charge >= 0.3 is 0 Å². The molecule has 2 aromatic rings. The normalized spacial score (nSPS) is 19.9. The second-order valence-corrected chi connectivity index (χ2v) is 9.14. The third kappa shape index (κ3) is 5.14. The average Bonchev–Trinajstić information content (AvgIpc) is 3.42. The lowest BCUT2D eigenvalue weighted by molar-refractivity contribution is -0.135. The monoisotopic (exact) mass is 436 g/mol. The van der Waals surface area contributed by atoms with Gasteiger partial charge in [-0.25, -0.2) is 4.68 Å². The highest BCUT2D eigenvalue weighted by molar-refractivity contribution is 5.81. The number of likely N-dealkylation sites (tertiary alicyclic amines) is 1. The van der Waals surface area contributed by atoms with Gasteiger partial charge in [0, 0.05) is 44.3 Å². The highest BCUT2D eigenvalue weighted by Gasteiger charge is 2.31. The number of carbonyl (C=O) groups excluding carboxylic acids is 1. The number of aliphatic imine (C=N–C) groups is 1. The quantitative estimate of drug-likeness (QED) is 0.557. The van der Waals surface area contributed by atoms with Crippen LogP contribution in [0.5, 0.6) is 0 Å². The molecule has 0 bridgehead atoms. The van der Waals surface area contributed by atoms with Gasteiger partial charge < -0.3 is 15.5 Å². The van der Waals surface area contributed by atoms with E-state index in [0.717, 1.165) is 61.0 Å². The van der Waals surface area contributed by atoms with Crippen LogP contribution in [0.2, 0.25) is 0 Å². The van der Waals surface area contributed by atoms with Crippen molar-refractivity contribution in [1.29, 1.82) is 0 Å². The van der Waals surface area contributed by atoms with Gasteiger partial charge in [-0.15, -0.1) is 0 Å². The van der Waals surface area contributed by atoms with E-state index < -0.39 is 0 Å². The van der Waals surface area contributed by atoms with E-state index in [-0.39, 0.29) is 12.0 Å². The number of benzene rings is 1. The van der Waals surface area contributed by atoms with Gasteiger partial charge in [0.1, 0.15) is 0 Å². The molecule has 2 heterocycles. The molecule has 0 radical (unpaired) electrons. The van der Waals surface area contributed by atoms with Crippen LogP contribution in [-0.2, 0) is 11.3 Å². The van der Waals surface area contributed by atoms with Crippen LogP contribution in [0.15, 0.2) is 35.3 Å². The summed E-state index contributed by atoms with van der Waals surface area (Å²) in [5.74, 6) is 1.37. The molecular weight excluding hydrogens is 400 g/mol. The molecule has 172 valence electrons. The summed E-state index contributed by atoms with van der Waals surface area (Å²) in [5.41, 5.74) is 4.36. The van der Waals surface area contributed by atoms with Crippen LogP contribution < -0.4 is 10.6 Å². The Balaban J connectivity index is 1.34. The second kappa shape index (κ2) is 10.2. The van der Waals surface area contributed by atoms with Gasteiger partial charge in [0.05, 0.1) is 11.4 Å². The van der Waals surface area contributed by atoms with Crippen molar-refractivity contribution in [3.63, 3.8) is 0 Å². The first-order valence-electron chi connectivity index (χ1n) is 11.9. The van der Waals surface area contributed by atoms with E-state index in [1.807, 2.05) is 23.7 Å². The topological polar surface area (TPSA) is 74.6 Å². The summed E-state index contributed by atoms with van der Waals surface area (Å²) in [6.07, 6.45) is 6.75. The molecule has 1 saturated carbocycles. The van der Waals surface area contributed by atoms with Crippen molar-refractivity contribution in [2.24, 2.45) is 10.9 Å². The van der Waals surface area contributed by atoms with Crippen molar-refractivity contribution in [1.82, 2.24) is 25.3 Å². The lowest BCUT2D eigenvalue weighted by atomic mass is 9.88. The largest absolute Gasteiger partial charge is 0.352 e. The Bertz CT molecular complexity index is 959. The molecule has 1 unspecified atom stereocenters. The van der Waals surface area contributed by atoms with E-state index in [0.29, 0.717) is 12.5 Å². The molecule has 2 fully saturated rings. The van der Waals surface area contributed by atoms with E-state index in [1.165, 1.54) is 19.3 Å². The van der Waals surface area contributed by atoms with Crippen molar-refractivity contribution in [3.05, 3.63) is 47.3 Å². The summed E-state index contributed by atoms with van der Waals surface area (Å²) < 4.78 is 1.99. The van der Waals surface area contributed by atoms with Crippen LogP contribution >= 0.6 is 0 Å². The third-order valence-electron chi connectivity index (χ3n) is 6.69. The number of hydrogen-bond acceptors (Lipinski definition) is 3. The van der Waals surface area contributed by atoms with Gasteiger partial charge in [-0.05, 0) is 50.8 Å². The van der Waals surface area contributed by atoms with E-state index >= 15 is 0 Å². The molecule has 7 nitrogen and oxygen atoms in total. The molecule has 1 aromatic heterocycles. The minimum absolute atomic E-state index is 0.236. The summed E-state index contributed by atoms with van der Waals surface area (Å²) in [7, 11) is 1.79. The van der Waals surface area contributed by atoms with Crippen LogP contribution in [0, 0.1) is 19.8 Å². The van der Waals surface area contributed by atoms with Crippen LogP contribution in [0.25, 0.3) is 5.69 Å².